The van der Waals surface area contributed by atoms with Crippen LogP contribution in [0.3, 0.4) is 0 Å². The smallest absolute Gasteiger partial charge is 0.225 e. The van der Waals surface area contributed by atoms with Crippen LogP contribution in [0.25, 0.3) is 0 Å². The Hall–Kier alpha value is -3.09. The van der Waals surface area contributed by atoms with Crippen LogP contribution in [-0.2, 0) is 18.3 Å². The lowest BCUT2D eigenvalue weighted by molar-refractivity contribution is -0.121. The summed E-state index contributed by atoms with van der Waals surface area (Å²) in [4.78, 5) is 16.6. The van der Waals surface area contributed by atoms with Crippen molar-refractivity contribution < 1.29 is 18.0 Å². The highest BCUT2D eigenvalue weighted by molar-refractivity contribution is 5.79. The van der Waals surface area contributed by atoms with E-state index in [0.29, 0.717) is 17.0 Å². The van der Waals surface area contributed by atoms with E-state index in [1.165, 1.54) is 24.3 Å². The Bertz CT molecular complexity index is 939. The minimum atomic E-state index is -1.01. The zero-order valence-corrected chi connectivity index (χ0v) is 13.9. The van der Waals surface area contributed by atoms with Crippen LogP contribution in [0.5, 0.6) is 0 Å². The molecule has 0 saturated carbocycles. The summed E-state index contributed by atoms with van der Waals surface area (Å²) in [6, 6.07) is 8.36. The molecule has 0 aliphatic carbocycles. The molecular weight excluding hydrogens is 343 g/mol. The largest absolute Gasteiger partial charge is 0.342 e. The maximum absolute atomic E-state index is 13.7. The van der Waals surface area contributed by atoms with Gasteiger partial charge in [-0.25, -0.2) is 18.2 Å². The van der Waals surface area contributed by atoms with E-state index in [-0.39, 0.29) is 6.42 Å². The van der Waals surface area contributed by atoms with Crippen LogP contribution in [-0.4, -0.2) is 15.5 Å². The standard InChI is InChI=1S/C19H16F3N3O/c1-25-8-7-23-19(25)18(13-5-6-15(21)16(22)11-13)24-17(26)10-12-3-2-4-14(20)9-12/h2-9,11,18H,10H2,1H3,(H,24,26)/t18-/m1/s1. The number of hydrogen-bond donors (Lipinski definition) is 1. The molecule has 1 heterocycles. The molecule has 0 unspecified atom stereocenters. The number of nitrogens with zero attached hydrogens (tertiary/aromatic N) is 2. The summed E-state index contributed by atoms with van der Waals surface area (Å²) in [6.45, 7) is 0. The molecule has 0 aliphatic rings. The van der Waals surface area contributed by atoms with Crippen LogP contribution in [0.4, 0.5) is 13.2 Å². The first-order valence-electron chi connectivity index (χ1n) is 7.90. The average molecular weight is 359 g/mol. The van der Waals surface area contributed by atoms with Crippen molar-refractivity contribution in [2.45, 2.75) is 12.5 Å². The number of hydrogen-bond acceptors (Lipinski definition) is 2. The molecule has 134 valence electrons. The van der Waals surface area contributed by atoms with Gasteiger partial charge in [0.05, 0.1) is 6.42 Å². The van der Waals surface area contributed by atoms with E-state index in [9.17, 15) is 18.0 Å². The monoisotopic (exact) mass is 359 g/mol. The van der Waals surface area contributed by atoms with Crippen molar-refractivity contribution in [3.63, 3.8) is 0 Å². The van der Waals surface area contributed by atoms with Gasteiger partial charge in [0.25, 0.3) is 0 Å². The van der Waals surface area contributed by atoms with Crippen LogP contribution < -0.4 is 5.32 Å². The highest BCUT2D eigenvalue weighted by Crippen LogP contribution is 2.22. The lowest BCUT2D eigenvalue weighted by Gasteiger charge is -2.19. The first-order chi connectivity index (χ1) is 12.4. The number of amides is 1. The molecule has 1 amide bonds. The van der Waals surface area contributed by atoms with E-state index in [0.717, 1.165) is 12.1 Å². The zero-order valence-electron chi connectivity index (χ0n) is 13.9. The molecule has 4 nitrogen and oxygen atoms in total. The van der Waals surface area contributed by atoms with Gasteiger partial charge in [-0.2, -0.15) is 0 Å². The maximum Gasteiger partial charge on any atom is 0.225 e. The normalized spacial score (nSPS) is 12.0. The lowest BCUT2D eigenvalue weighted by atomic mass is 10.0. The first kappa shape index (κ1) is 17.7. The number of halogens is 3. The molecule has 0 aliphatic heterocycles. The predicted molar refractivity (Wildman–Crippen MR) is 89.7 cm³/mol. The molecule has 0 fully saturated rings. The Morgan fingerprint density at radius 1 is 1.15 bits per heavy atom. The van der Waals surface area contributed by atoms with E-state index in [1.54, 1.807) is 30.1 Å². The second-order valence-corrected chi connectivity index (χ2v) is 5.88. The van der Waals surface area contributed by atoms with Crippen LogP contribution >= 0.6 is 0 Å². The number of nitrogens with one attached hydrogen (secondary N) is 1. The highest BCUT2D eigenvalue weighted by atomic mass is 19.2. The van der Waals surface area contributed by atoms with Crippen LogP contribution in [0.1, 0.15) is 23.0 Å². The van der Waals surface area contributed by atoms with Crippen molar-refractivity contribution in [1.29, 1.82) is 0 Å². The van der Waals surface area contributed by atoms with Gasteiger partial charge < -0.3 is 9.88 Å². The van der Waals surface area contributed by atoms with Gasteiger partial charge in [-0.3, -0.25) is 4.79 Å². The predicted octanol–water partition coefficient (Wildman–Crippen LogP) is 3.29. The van der Waals surface area contributed by atoms with Crippen LogP contribution in [0, 0.1) is 17.5 Å². The topological polar surface area (TPSA) is 46.9 Å². The van der Waals surface area contributed by atoms with Gasteiger partial charge in [0.15, 0.2) is 11.6 Å². The van der Waals surface area contributed by atoms with E-state index in [1.807, 2.05) is 0 Å². The molecule has 0 spiro atoms. The molecular formula is C19H16F3N3O. The quantitative estimate of drug-likeness (QED) is 0.760. The average Bonchev–Trinajstić information content (AvgIpc) is 3.01. The number of carbonyl (C=O) groups excluding carboxylic acids is 1. The fourth-order valence-electron chi connectivity index (χ4n) is 2.69. The third kappa shape index (κ3) is 3.93. The second-order valence-electron chi connectivity index (χ2n) is 5.88. The summed E-state index contributed by atoms with van der Waals surface area (Å²) >= 11 is 0. The fraction of sp³-hybridized carbons (Fsp3) is 0.158. The number of carbonyl (C=O) groups is 1. The minimum absolute atomic E-state index is 0.0532. The number of rotatable bonds is 5. The van der Waals surface area contributed by atoms with Gasteiger partial charge in [-0.15, -0.1) is 0 Å². The van der Waals surface area contributed by atoms with Gasteiger partial charge in [-0.1, -0.05) is 18.2 Å². The first-order valence-corrected chi connectivity index (χ1v) is 7.90. The Balaban J connectivity index is 1.87. The summed E-state index contributed by atoms with van der Waals surface area (Å²) in [7, 11) is 1.73. The van der Waals surface area contributed by atoms with E-state index < -0.39 is 29.4 Å². The molecule has 0 saturated heterocycles. The second kappa shape index (κ2) is 7.43. The summed E-state index contributed by atoms with van der Waals surface area (Å²) in [5.41, 5.74) is 0.858. The van der Waals surface area contributed by atoms with E-state index >= 15 is 0 Å². The Labute approximate surface area is 148 Å². The summed E-state index contributed by atoms with van der Waals surface area (Å²) in [6.07, 6.45) is 3.17. The Morgan fingerprint density at radius 2 is 1.96 bits per heavy atom. The number of aromatic nitrogens is 2. The summed E-state index contributed by atoms with van der Waals surface area (Å²) < 4.78 is 41.9. The van der Waals surface area contributed by atoms with Crippen LogP contribution in [0.15, 0.2) is 54.9 Å². The molecule has 3 rings (SSSR count). The maximum atomic E-state index is 13.7. The third-order valence-corrected chi connectivity index (χ3v) is 3.95. The SMILES string of the molecule is Cn1ccnc1[C@H](NC(=O)Cc1cccc(F)c1)c1ccc(F)c(F)c1. The van der Waals surface area contributed by atoms with Crippen molar-refractivity contribution in [2.24, 2.45) is 7.05 Å². The molecule has 3 aromatic rings. The van der Waals surface area contributed by atoms with Gasteiger partial charge in [0, 0.05) is 19.4 Å². The van der Waals surface area contributed by atoms with Gasteiger partial charge >= 0.3 is 0 Å². The van der Waals surface area contributed by atoms with E-state index in [2.05, 4.69) is 10.3 Å². The van der Waals surface area contributed by atoms with Crippen molar-refractivity contribution in [3.05, 3.63) is 89.3 Å². The van der Waals surface area contributed by atoms with Crippen molar-refractivity contribution >= 4 is 5.91 Å². The molecule has 2 aromatic carbocycles. The molecule has 0 bridgehead atoms. The van der Waals surface area contributed by atoms with Gasteiger partial charge in [0.1, 0.15) is 17.7 Å². The van der Waals surface area contributed by atoms with Crippen molar-refractivity contribution in [3.8, 4) is 0 Å². The molecule has 1 aromatic heterocycles. The molecule has 1 atom stereocenters. The molecule has 1 N–H and O–H groups in total. The van der Waals surface area contributed by atoms with Crippen molar-refractivity contribution in [1.82, 2.24) is 14.9 Å². The molecule has 7 heteroatoms. The number of benzene rings is 2. The lowest BCUT2D eigenvalue weighted by Crippen LogP contribution is -2.32. The zero-order chi connectivity index (χ0) is 18.7. The van der Waals surface area contributed by atoms with Crippen molar-refractivity contribution in [2.75, 3.05) is 0 Å². The molecule has 26 heavy (non-hydrogen) atoms. The summed E-state index contributed by atoms with van der Waals surface area (Å²) in [5, 5.41) is 2.76. The highest BCUT2D eigenvalue weighted by Gasteiger charge is 2.22. The van der Waals surface area contributed by atoms with Gasteiger partial charge in [0.2, 0.25) is 5.91 Å². The van der Waals surface area contributed by atoms with Crippen LogP contribution in [0.2, 0.25) is 0 Å². The Morgan fingerprint density at radius 3 is 2.62 bits per heavy atom. The Kier molecular flexibility index (Phi) is 5.06. The third-order valence-electron chi connectivity index (χ3n) is 3.95. The van der Waals surface area contributed by atoms with E-state index in [4.69, 9.17) is 0 Å². The summed E-state index contributed by atoms with van der Waals surface area (Å²) in [5.74, 6) is -2.35. The minimum Gasteiger partial charge on any atom is -0.342 e. The number of aryl methyl sites for hydroxylation is 1. The molecule has 0 radical (unpaired) electrons. The number of imidazole rings is 1. The van der Waals surface area contributed by atoms with Gasteiger partial charge in [-0.05, 0) is 35.4 Å². The fourth-order valence-corrected chi connectivity index (χ4v) is 2.69.